The number of methoxy groups -OCH3 is 2. The van der Waals surface area contributed by atoms with E-state index in [2.05, 4.69) is 4.99 Å². The molecule has 33 heavy (non-hydrogen) atoms. The number of carbonyl (C=O) groups is 1. The summed E-state index contributed by atoms with van der Waals surface area (Å²) in [6, 6.07) is 6.76. The third-order valence-electron chi connectivity index (χ3n) is 5.66. The van der Waals surface area contributed by atoms with Gasteiger partial charge in [0.2, 0.25) is 0 Å². The van der Waals surface area contributed by atoms with Gasteiger partial charge in [0.05, 0.1) is 18.6 Å². The molecule has 1 amide bonds. The van der Waals surface area contributed by atoms with Gasteiger partial charge >= 0.3 is 0 Å². The van der Waals surface area contributed by atoms with Crippen molar-refractivity contribution in [1.29, 1.82) is 0 Å². The molecule has 0 saturated carbocycles. The molecule has 0 unspecified atom stereocenters. The normalized spacial score (nSPS) is 16.4. The zero-order valence-corrected chi connectivity index (χ0v) is 21.6. The van der Waals surface area contributed by atoms with E-state index in [9.17, 15) is 13.2 Å². The highest BCUT2D eigenvalue weighted by Crippen LogP contribution is 2.35. The summed E-state index contributed by atoms with van der Waals surface area (Å²) < 4.78 is 41.5. The van der Waals surface area contributed by atoms with Crippen LogP contribution in [0.2, 0.25) is 4.34 Å². The number of halogens is 1. The lowest BCUT2D eigenvalue weighted by molar-refractivity contribution is -0.122. The zero-order chi connectivity index (χ0) is 23.8. The van der Waals surface area contributed by atoms with E-state index in [4.69, 9.17) is 21.1 Å². The van der Waals surface area contributed by atoms with Gasteiger partial charge in [-0.1, -0.05) is 22.9 Å². The molecule has 3 heterocycles. The van der Waals surface area contributed by atoms with Gasteiger partial charge in [-0.2, -0.15) is 9.30 Å². The number of thiazole rings is 1. The van der Waals surface area contributed by atoms with Crippen molar-refractivity contribution < 1.29 is 22.7 Å². The quantitative estimate of drug-likeness (QED) is 0.481. The van der Waals surface area contributed by atoms with Crippen molar-refractivity contribution in [2.24, 2.45) is 10.9 Å². The van der Waals surface area contributed by atoms with E-state index >= 15 is 0 Å². The molecule has 3 aromatic rings. The highest BCUT2D eigenvalue weighted by molar-refractivity contribution is 7.91. The Morgan fingerprint density at radius 2 is 1.79 bits per heavy atom. The van der Waals surface area contributed by atoms with E-state index in [1.165, 1.54) is 21.7 Å². The summed E-state index contributed by atoms with van der Waals surface area (Å²) in [4.78, 5) is 18.0. The number of ether oxygens (including phenoxy) is 2. The summed E-state index contributed by atoms with van der Waals surface area (Å²) in [6.45, 7) is 3.13. The number of hydrogen-bond donors (Lipinski definition) is 0. The van der Waals surface area contributed by atoms with Crippen molar-refractivity contribution in [2.45, 2.75) is 30.5 Å². The lowest BCUT2D eigenvalue weighted by atomic mass is 9.98. The second-order valence-corrected chi connectivity index (χ2v) is 12.3. The Labute approximate surface area is 205 Å². The van der Waals surface area contributed by atoms with Crippen molar-refractivity contribution in [3.63, 3.8) is 0 Å². The van der Waals surface area contributed by atoms with Gasteiger partial charge in [-0.3, -0.25) is 4.79 Å². The number of piperidine rings is 1. The minimum atomic E-state index is -3.60. The van der Waals surface area contributed by atoms with Crippen LogP contribution >= 0.6 is 34.3 Å². The van der Waals surface area contributed by atoms with Crippen LogP contribution in [0.1, 0.15) is 19.8 Å². The number of aromatic nitrogens is 1. The first-order valence-electron chi connectivity index (χ1n) is 10.4. The van der Waals surface area contributed by atoms with Crippen LogP contribution in [0.5, 0.6) is 11.5 Å². The van der Waals surface area contributed by atoms with Gasteiger partial charge in [0, 0.05) is 25.6 Å². The van der Waals surface area contributed by atoms with Gasteiger partial charge in [0.25, 0.3) is 15.9 Å². The van der Waals surface area contributed by atoms with Gasteiger partial charge in [-0.05, 0) is 44.0 Å². The maximum absolute atomic E-state index is 13.0. The number of amides is 1. The number of hydrogen-bond acceptors (Lipinski definition) is 7. The van der Waals surface area contributed by atoms with Crippen LogP contribution in [0.15, 0.2) is 33.5 Å². The molecule has 8 nitrogen and oxygen atoms in total. The van der Waals surface area contributed by atoms with Crippen molar-refractivity contribution in [2.75, 3.05) is 27.3 Å². The Morgan fingerprint density at radius 3 is 2.36 bits per heavy atom. The van der Waals surface area contributed by atoms with E-state index in [1.807, 2.05) is 23.6 Å². The smallest absolute Gasteiger partial charge is 0.252 e. The molecule has 178 valence electrons. The Morgan fingerprint density at radius 1 is 1.12 bits per heavy atom. The molecule has 1 aromatic carbocycles. The molecule has 2 aromatic heterocycles. The minimum absolute atomic E-state index is 0.221. The van der Waals surface area contributed by atoms with Crippen LogP contribution in [0.3, 0.4) is 0 Å². The Hall–Kier alpha value is -1.92. The Bertz CT molecular complexity index is 1350. The fourth-order valence-electron chi connectivity index (χ4n) is 3.93. The monoisotopic (exact) mass is 529 g/mol. The topological polar surface area (TPSA) is 90.2 Å². The van der Waals surface area contributed by atoms with Crippen LogP contribution in [0, 0.1) is 5.92 Å². The first-order chi connectivity index (χ1) is 15.8. The van der Waals surface area contributed by atoms with Crippen molar-refractivity contribution >= 4 is 60.4 Å². The van der Waals surface area contributed by atoms with Crippen LogP contribution < -0.4 is 14.3 Å². The van der Waals surface area contributed by atoms with E-state index in [0.29, 0.717) is 40.0 Å². The third-order valence-corrected chi connectivity index (χ3v) is 10.4. The van der Waals surface area contributed by atoms with Gasteiger partial charge in [-0.25, -0.2) is 8.42 Å². The fourth-order valence-corrected chi connectivity index (χ4v) is 8.24. The molecule has 0 aliphatic carbocycles. The number of sulfonamides is 1. The van der Waals surface area contributed by atoms with Gasteiger partial charge < -0.3 is 14.0 Å². The van der Waals surface area contributed by atoms with Crippen molar-refractivity contribution in [3.05, 3.63) is 33.4 Å². The van der Waals surface area contributed by atoms with Gasteiger partial charge in [-0.15, -0.1) is 11.3 Å². The number of aryl methyl sites for hydroxylation is 1. The van der Waals surface area contributed by atoms with Crippen LogP contribution in [-0.4, -0.2) is 50.5 Å². The molecule has 0 N–H and O–H groups in total. The molecule has 0 bridgehead atoms. The molecule has 1 saturated heterocycles. The molecular formula is C21H24ClN3O5S3. The summed E-state index contributed by atoms with van der Waals surface area (Å²) in [5, 5.41) is 0. The number of carbonyl (C=O) groups excluding carboxylic acids is 1. The molecule has 1 aliphatic rings. The minimum Gasteiger partial charge on any atom is -0.495 e. The second kappa shape index (κ2) is 9.75. The fraction of sp³-hybridized carbons (Fsp3) is 0.429. The van der Waals surface area contributed by atoms with E-state index < -0.39 is 10.0 Å². The lowest BCUT2D eigenvalue weighted by Gasteiger charge is -2.29. The summed E-state index contributed by atoms with van der Waals surface area (Å²) in [6.07, 6.45) is 0.842. The van der Waals surface area contributed by atoms with E-state index in [0.717, 1.165) is 21.6 Å². The number of fused-ring (bicyclic) bond motifs is 1. The number of nitrogens with zero attached hydrogens (tertiary/aromatic N) is 3. The average molecular weight is 530 g/mol. The lowest BCUT2D eigenvalue weighted by Crippen LogP contribution is -2.40. The van der Waals surface area contributed by atoms with Crippen LogP contribution in [0.4, 0.5) is 0 Å². The maximum atomic E-state index is 13.0. The molecule has 4 rings (SSSR count). The molecule has 0 radical (unpaired) electrons. The molecular weight excluding hydrogens is 506 g/mol. The first kappa shape index (κ1) is 24.2. The van der Waals surface area contributed by atoms with E-state index in [-0.39, 0.29) is 29.1 Å². The highest BCUT2D eigenvalue weighted by Gasteiger charge is 2.33. The SMILES string of the molecule is CCn1c(=NC(=O)C2CCN(S(=O)(=O)c3ccc(Cl)s3)CC2)sc2c(OC)ccc(OC)c21. The summed E-state index contributed by atoms with van der Waals surface area (Å²) in [5.41, 5.74) is 0.839. The maximum Gasteiger partial charge on any atom is 0.252 e. The third kappa shape index (κ3) is 4.57. The Kier molecular flexibility index (Phi) is 7.15. The van der Waals surface area contributed by atoms with Crippen molar-refractivity contribution in [1.82, 2.24) is 8.87 Å². The summed E-state index contributed by atoms with van der Waals surface area (Å²) in [5.74, 6) is 0.810. The molecule has 1 fully saturated rings. The molecule has 0 atom stereocenters. The number of thiophene rings is 1. The van der Waals surface area contributed by atoms with Crippen molar-refractivity contribution in [3.8, 4) is 11.5 Å². The van der Waals surface area contributed by atoms with Crippen LogP contribution in [0.25, 0.3) is 10.2 Å². The highest BCUT2D eigenvalue weighted by atomic mass is 35.5. The van der Waals surface area contributed by atoms with Gasteiger partial charge in [0.1, 0.15) is 25.9 Å². The first-order valence-corrected chi connectivity index (χ1v) is 13.8. The molecule has 0 spiro atoms. The Balaban J connectivity index is 1.58. The predicted octanol–water partition coefficient (Wildman–Crippen LogP) is 3.98. The number of rotatable bonds is 6. The second-order valence-electron chi connectivity index (χ2n) is 7.46. The average Bonchev–Trinajstić information content (AvgIpc) is 3.42. The standard InChI is InChI=1S/C21H24ClN3O5S3/c1-4-25-18-14(29-2)5-6-15(30-3)19(18)32-21(25)23-20(26)13-9-11-24(12-10-13)33(27,28)17-8-7-16(22)31-17/h5-8,13H,4,9-12H2,1-3H3. The van der Waals surface area contributed by atoms with Gasteiger partial charge in [0.15, 0.2) is 4.80 Å². The number of benzene rings is 1. The summed E-state index contributed by atoms with van der Waals surface area (Å²) in [7, 11) is -0.391. The zero-order valence-electron chi connectivity index (χ0n) is 18.4. The predicted molar refractivity (Wildman–Crippen MR) is 130 cm³/mol. The molecule has 12 heteroatoms. The molecule has 1 aliphatic heterocycles. The van der Waals surface area contributed by atoms with Crippen LogP contribution in [-0.2, 0) is 21.4 Å². The summed E-state index contributed by atoms with van der Waals surface area (Å²) >= 11 is 8.32. The van der Waals surface area contributed by atoms with E-state index in [1.54, 1.807) is 20.3 Å². The largest absolute Gasteiger partial charge is 0.495 e.